The Kier molecular flexibility index (Phi) is 6.90. The number of rotatable bonds is 6. The van der Waals surface area contributed by atoms with Gasteiger partial charge < -0.3 is 18.6 Å². The van der Waals surface area contributed by atoms with E-state index in [0.29, 0.717) is 0 Å². The number of hydrogen-bond donors (Lipinski definition) is 0. The van der Waals surface area contributed by atoms with E-state index in [-0.39, 0.29) is 0 Å². The normalized spacial score (nSPS) is 11.7. The van der Waals surface area contributed by atoms with Crippen molar-refractivity contribution in [3.63, 3.8) is 0 Å². The monoisotopic (exact) mass is 670 g/mol. The Morgan fingerprint density at radius 1 is 0.308 bits per heavy atom. The fraction of sp³-hybridized carbons (Fsp3) is 0.0417. The van der Waals surface area contributed by atoms with Crippen LogP contribution in [0.1, 0.15) is 11.1 Å². The molecule has 10 rings (SSSR count). The predicted octanol–water partition coefficient (Wildman–Crippen LogP) is 14.2. The second-order valence-electron chi connectivity index (χ2n) is 13.6. The molecule has 0 N–H and O–H groups in total. The molecule has 4 nitrogen and oxygen atoms in total. The van der Waals surface area contributed by atoms with Gasteiger partial charge in [0.15, 0.2) is 0 Å². The van der Waals surface area contributed by atoms with Crippen LogP contribution in [-0.4, -0.2) is 0 Å². The van der Waals surface area contributed by atoms with Crippen molar-refractivity contribution >= 4 is 88.8 Å². The highest BCUT2D eigenvalue weighted by molar-refractivity contribution is 6.15. The highest BCUT2D eigenvalue weighted by atomic mass is 16.3. The molecule has 0 aliphatic rings. The molecular weight excluding hydrogens is 637 g/mol. The zero-order valence-corrected chi connectivity index (χ0v) is 28.9. The summed E-state index contributed by atoms with van der Waals surface area (Å²) in [6.07, 6.45) is 0. The standard InChI is InChI=1S/C48H34N2O2/c1-31-13-17-37(18-14-31)49(35-9-5-3-6-10-35)39-21-23-41-43-25-33-26-44-42-24-22-40(50(36-11-7-4-8-12-36)38-19-15-32(2)16-20-38)30-48(42)52-46(44)28-34(33)27-45(43)51-47(41)29-39/h3-30H,1-2H3. The smallest absolute Gasteiger partial charge is 0.137 e. The molecule has 0 radical (unpaired) electrons. The first-order valence-electron chi connectivity index (χ1n) is 17.7. The van der Waals surface area contributed by atoms with Crippen molar-refractivity contribution < 1.29 is 8.83 Å². The minimum Gasteiger partial charge on any atom is -0.456 e. The summed E-state index contributed by atoms with van der Waals surface area (Å²) in [5.74, 6) is 0. The van der Waals surface area contributed by atoms with E-state index < -0.39 is 0 Å². The molecule has 0 saturated carbocycles. The lowest BCUT2D eigenvalue weighted by molar-refractivity contribution is 0.668. The summed E-state index contributed by atoms with van der Waals surface area (Å²) in [4.78, 5) is 4.54. The van der Waals surface area contributed by atoms with Crippen LogP contribution in [0.25, 0.3) is 54.6 Å². The van der Waals surface area contributed by atoms with Gasteiger partial charge >= 0.3 is 0 Å². The molecule has 0 aliphatic heterocycles. The van der Waals surface area contributed by atoms with Gasteiger partial charge in [-0.25, -0.2) is 0 Å². The summed E-state index contributed by atoms with van der Waals surface area (Å²) in [5.41, 5.74) is 12.4. The number of para-hydroxylation sites is 2. The van der Waals surface area contributed by atoms with E-state index in [9.17, 15) is 0 Å². The third-order valence-corrected chi connectivity index (χ3v) is 10.1. The average Bonchev–Trinajstić information content (AvgIpc) is 3.71. The number of nitrogens with zero attached hydrogens (tertiary/aromatic N) is 2. The maximum absolute atomic E-state index is 6.58. The first-order valence-corrected chi connectivity index (χ1v) is 17.7. The van der Waals surface area contributed by atoms with Crippen molar-refractivity contribution in [3.05, 3.63) is 181 Å². The van der Waals surface area contributed by atoms with Crippen LogP contribution in [0.15, 0.2) is 179 Å². The SMILES string of the molecule is Cc1ccc(N(c2ccccc2)c2ccc3c(c2)oc2cc4cc5oc6cc(N(c7ccccc7)c7ccc(C)cc7)ccc6c5cc4cc23)cc1. The molecule has 2 aromatic heterocycles. The van der Waals surface area contributed by atoms with Gasteiger partial charge in [0.2, 0.25) is 0 Å². The van der Waals surface area contributed by atoms with Gasteiger partial charge in [-0.3, -0.25) is 0 Å². The zero-order valence-electron chi connectivity index (χ0n) is 28.9. The fourth-order valence-corrected chi connectivity index (χ4v) is 7.49. The largest absolute Gasteiger partial charge is 0.456 e. The van der Waals surface area contributed by atoms with E-state index in [1.165, 1.54) is 11.1 Å². The van der Waals surface area contributed by atoms with Crippen LogP contribution < -0.4 is 9.80 Å². The van der Waals surface area contributed by atoms with Crippen LogP contribution in [0.4, 0.5) is 34.1 Å². The van der Waals surface area contributed by atoms with Crippen LogP contribution in [0.3, 0.4) is 0 Å². The Bertz CT molecular complexity index is 2710. The second kappa shape index (κ2) is 11.9. The van der Waals surface area contributed by atoms with Crippen LogP contribution in [-0.2, 0) is 0 Å². The van der Waals surface area contributed by atoms with Gasteiger partial charge in [0.25, 0.3) is 0 Å². The lowest BCUT2D eigenvalue weighted by Gasteiger charge is -2.25. The fourth-order valence-electron chi connectivity index (χ4n) is 7.49. The Hall–Kier alpha value is -6.78. The van der Waals surface area contributed by atoms with Gasteiger partial charge in [0.1, 0.15) is 22.3 Å². The molecule has 4 heteroatoms. The lowest BCUT2D eigenvalue weighted by Crippen LogP contribution is -2.09. The molecule has 0 spiro atoms. The first-order chi connectivity index (χ1) is 25.6. The maximum atomic E-state index is 6.58. The van der Waals surface area contributed by atoms with Gasteiger partial charge in [-0.2, -0.15) is 0 Å². The molecule has 0 unspecified atom stereocenters. The number of hydrogen-bond acceptors (Lipinski definition) is 4. The Labute approximate surface area is 301 Å². The third-order valence-electron chi connectivity index (χ3n) is 10.1. The molecule has 52 heavy (non-hydrogen) atoms. The predicted molar refractivity (Wildman–Crippen MR) is 217 cm³/mol. The first kappa shape index (κ1) is 30.1. The van der Waals surface area contributed by atoms with Crippen molar-refractivity contribution in [2.45, 2.75) is 13.8 Å². The molecule has 0 atom stereocenters. The van der Waals surface area contributed by atoms with Crippen LogP contribution >= 0.6 is 0 Å². The third kappa shape index (κ3) is 5.07. The summed E-state index contributed by atoms with van der Waals surface area (Å²) in [6.45, 7) is 4.23. The zero-order chi connectivity index (χ0) is 34.8. The van der Waals surface area contributed by atoms with E-state index in [4.69, 9.17) is 8.83 Å². The quantitative estimate of drug-likeness (QED) is 0.176. The molecule has 0 fully saturated rings. The summed E-state index contributed by atoms with van der Waals surface area (Å²) >= 11 is 0. The van der Waals surface area contributed by atoms with Gasteiger partial charge in [0, 0.05) is 67.8 Å². The molecule has 10 aromatic rings. The summed E-state index contributed by atoms with van der Waals surface area (Å²) < 4.78 is 13.2. The summed E-state index contributed by atoms with van der Waals surface area (Å²) in [5, 5.41) is 6.61. The van der Waals surface area contributed by atoms with Gasteiger partial charge in [-0.1, -0.05) is 71.8 Å². The molecule has 248 valence electrons. The number of anilines is 6. The minimum atomic E-state index is 0.856. The van der Waals surface area contributed by atoms with Gasteiger partial charge in [0.05, 0.1) is 0 Å². The second-order valence-corrected chi connectivity index (χ2v) is 13.6. The van der Waals surface area contributed by atoms with Crippen LogP contribution in [0.2, 0.25) is 0 Å². The van der Waals surface area contributed by atoms with Crippen molar-refractivity contribution in [1.29, 1.82) is 0 Å². The number of furan rings is 2. The molecular formula is C48H34N2O2. The Balaban J connectivity index is 1.07. The van der Waals surface area contributed by atoms with Crippen molar-refractivity contribution in [2.24, 2.45) is 0 Å². The Morgan fingerprint density at radius 3 is 1.08 bits per heavy atom. The molecule has 2 heterocycles. The summed E-state index contributed by atoms with van der Waals surface area (Å²) in [7, 11) is 0. The van der Waals surface area contributed by atoms with Crippen LogP contribution in [0, 0.1) is 13.8 Å². The van der Waals surface area contributed by atoms with Crippen molar-refractivity contribution in [3.8, 4) is 0 Å². The lowest BCUT2D eigenvalue weighted by atomic mass is 10.0. The highest BCUT2D eigenvalue weighted by Crippen LogP contribution is 2.42. The van der Waals surface area contributed by atoms with Crippen LogP contribution in [0.5, 0.6) is 0 Å². The molecule has 0 saturated heterocycles. The minimum absolute atomic E-state index is 0.856. The van der Waals surface area contributed by atoms with E-state index in [1.807, 2.05) is 12.1 Å². The van der Waals surface area contributed by atoms with E-state index >= 15 is 0 Å². The Morgan fingerprint density at radius 2 is 0.654 bits per heavy atom. The maximum Gasteiger partial charge on any atom is 0.137 e. The van der Waals surface area contributed by atoms with Gasteiger partial charge in [-0.05, 0) is 122 Å². The van der Waals surface area contributed by atoms with E-state index in [1.54, 1.807) is 0 Å². The van der Waals surface area contributed by atoms with Gasteiger partial charge in [-0.15, -0.1) is 0 Å². The highest BCUT2D eigenvalue weighted by Gasteiger charge is 2.18. The van der Waals surface area contributed by atoms with Crippen molar-refractivity contribution in [2.75, 3.05) is 9.80 Å². The summed E-state index contributed by atoms with van der Waals surface area (Å²) in [6, 6.07) is 60.1. The number of fused-ring (bicyclic) bond motifs is 7. The van der Waals surface area contributed by atoms with E-state index in [2.05, 4.69) is 181 Å². The number of aryl methyl sites for hydroxylation is 2. The number of benzene rings is 8. The molecule has 0 aliphatic carbocycles. The molecule has 0 amide bonds. The average molecular weight is 671 g/mol. The van der Waals surface area contributed by atoms with E-state index in [0.717, 1.165) is 88.8 Å². The molecule has 0 bridgehead atoms. The molecule has 8 aromatic carbocycles. The van der Waals surface area contributed by atoms with Crippen molar-refractivity contribution in [1.82, 2.24) is 0 Å². The topological polar surface area (TPSA) is 32.8 Å².